The summed E-state index contributed by atoms with van der Waals surface area (Å²) >= 11 is 0.962. The number of hydrogen-bond donors (Lipinski definition) is 3. The molecule has 1 heterocycles. The van der Waals surface area contributed by atoms with Gasteiger partial charge in [-0.15, -0.1) is 0 Å². The summed E-state index contributed by atoms with van der Waals surface area (Å²) in [6.07, 6.45) is 0.234. The Kier molecular flexibility index (Phi) is 5.93. The van der Waals surface area contributed by atoms with E-state index in [1.54, 1.807) is 0 Å². The molecule has 1 aromatic rings. The molecule has 1 aromatic heterocycles. The molecule has 0 saturated heterocycles. The number of carbonyl (C=O) groups is 1. The molecule has 21 heavy (non-hydrogen) atoms. The van der Waals surface area contributed by atoms with Gasteiger partial charge < -0.3 is 16.4 Å². The van der Waals surface area contributed by atoms with Crippen LogP contribution in [0.1, 0.15) is 20.3 Å². The molecule has 1 rings (SSSR count). The zero-order chi connectivity index (χ0) is 16.2. The number of amides is 1. The number of nitrogens with zero attached hydrogens (tertiary/aromatic N) is 2. The van der Waals surface area contributed by atoms with Crippen LogP contribution >= 0.6 is 11.5 Å². The lowest BCUT2D eigenvalue weighted by Crippen LogP contribution is -2.31. The summed E-state index contributed by atoms with van der Waals surface area (Å²) in [6, 6.07) is 0.0706. The Morgan fingerprint density at radius 2 is 2.05 bits per heavy atom. The minimum Gasteiger partial charge on any atom is -0.382 e. The van der Waals surface area contributed by atoms with E-state index in [1.165, 1.54) is 14.1 Å². The Morgan fingerprint density at radius 1 is 1.43 bits per heavy atom. The van der Waals surface area contributed by atoms with Crippen molar-refractivity contribution in [3.05, 3.63) is 0 Å². The van der Waals surface area contributed by atoms with Gasteiger partial charge in [-0.3, -0.25) is 4.79 Å². The van der Waals surface area contributed by atoms with Crippen molar-refractivity contribution in [3.63, 3.8) is 0 Å². The van der Waals surface area contributed by atoms with Crippen LogP contribution < -0.4 is 16.4 Å². The van der Waals surface area contributed by atoms with Crippen molar-refractivity contribution >= 4 is 38.3 Å². The average molecular weight is 335 g/mol. The highest BCUT2D eigenvalue weighted by Gasteiger charge is 2.27. The molecule has 0 atom stereocenters. The second-order valence-corrected chi connectivity index (χ2v) is 7.77. The zero-order valence-electron chi connectivity index (χ0n) is 12.5. The second kappa shape index (κ2) is 7.05. The monoisotopic (exact) mass is 335 g/mol. The lowest BCUT2D eigenvalue weighted by molar-refractivity contribution is -0.121. The summed E-state index contributed by atoms with van der Waals surface area (Å²) in [6.45, 7) is 4.05. The van der Waals surface area contributed by atoms with Crippen LogP contribution in [0.25, 0.3) is 0 Å². The van der Waals surface area contributed by atoms with Crippen LogP contribution in [0.15, 0.2) is 4.90 Å². The normalized spacial score (nSPS) is 11.9. The van der Waals surface area contributed by atoms with E-state index in [0.717, 1.165) is 15.8 Å². The fourth-order valence-corrected chi connectivity index (χ4v) is 3.62. The molecule has 1 amide bonds. The van der Waals surface area contributed by atoms with Crippen molar-refractivity contribution in [2.24, 2.45) is 0 Å². The maximum atomic E-state index is 12.2. The summed E-state index contributed by atoms with van der Waals surface area (Å²) in [5.41, 5.74) is 5.64. The second-order valence-electron chi connectivity index (χ2n) is 4.91. The van der Waals surface area contributed by atoms with Gasteiger partial charge in [0, 0.05) is 33.1 Å². The van der Waals surface area contributed by atoms with E-state index in [-0.39, 0.29) is 29.1 Å². The van der Waals surface area contributed by atoms with Crippen molar-refractivity contribution in [3.8, 4) is 0 Å². The fourth-order valence-electron chi connectivity index (χ4n) is 1.52. The van der Waals surface area contributed by atoms with E-state index in [1.807, 2.05) is 13.8 Å². The minimum atomic E-state index is -3.67. The fraction of sp³-hybridized carbons (Fsp3) is 0.636. The van der Waals surface area contributed by atoms with Crippen molar-refractivity contribution in [2.45, 2.75) is 31.2 Å². The molecule has 0 aliphatic heterocycles. The first-order valence-electron chi connectivity index (χ1n) is 6.37. The van der Waals surface area contributed by atoms with Gasteiger partial charge in [-0.2, -0.15) is 4.37 Å². The summed E-state index contributed by atoms with van der Waals surface area (Å²) < 4.78 is 29.3. The van der Waals surface area contributed by atoms with Gasteiger partial charge in [0.25, 0.3) is 0 Å². The number of nitrogens with two attached hydrogens (primary N) is 1. The molecule has 0 spiro atoms. The molecular weight excluding hydrogens is 314 g/mol. The molecule has 120 valence electrons. The number of carbonyl (C=O) groups excluding carboxylic acids is 1. The molecule has 4 N–H and O–H groups in total. The van der Waals surface area contributed by atoms with Gasteiger partial charge in [-0.1, -0.05) is 0 Å². The van der Waals surface area contributed by atoms with Gasteiger partial charge in [0.2, 0.25) is 15.9 Å². The molecular formula is C11H21N5O3S2. The summed E-state index contributed by atoms with van der Waals surface area (Å²) in [7, 11) is -0.826. The highest BCUT2D eigenvalue weighted by molar-refractivity contribution is 7.89. The summed E-state index contributed by atoms with van der Waals surface area (Å²) in [5.74, 6) is -0.144. The topological polar surface area (TPSA) is 117 Å². The Labute approximate surface area is 128 Å². The van der Waals surface area contributed by atoms with Gasteiger partial charge in [0.15, 0.2) is 10.7 Å². The molecule has 0 aliphatic carbocycles. The molecule has 0 bridgehead atoms. The van der Waals surface area contributed by atoms with Crippen LogP contribution in [0.5, 0.6) is 0 Å². The molecule has 0 unspecified atom stereocenters. The van der Waals surface area contributed by atoms with Crippen LogP contribution in [0.4, 0.5) is 10.8 Å². The number of sulfonamides is 1. The van der Waals surface area contributed by atoms with E-state index in [2.05, 4.69) is 15.0 Å². The predicted molar refractivity (Wildman–Crippen MR) is 83.8 cm³/mol. The van der Waals surface area contributed by atoms with Gasteiger partial charge in [0.1, 0.15) is 5.00 Å². The van der Waals surface area contributed by atoms with Gasteiger partial charge >= 0.3 is 0 Å². The molecule has 10 heteroatoms. The largest absolute Gasteiger partial charge is 0.382 e. The molecule has 0 aliphatic rings. The Morgan fingerprint density at radius 3 is 2.57 bits per heavy atom. The van der Waals surface area contributed by atoms with Crippen LogP contribution in [0.2, 0.25) is 0 Å². The van der Waals surface area contributed by atoms with E-state index < -0.39 is 10.0 Å². The summed E-state index contributed by atoms with van der Waals surface area (Å²) in [4.78, 5) is 11.5. The number of nitrogen functional groups attached to an aromatic ring is 1. The molecule has 8 nitrogen and oxygen atoms in total. The van der Waals surface area contributed by atoms with Crippen LogP contribution in [-0.2, 0) is 14.8 Å². The first kappa shape index (κ1) is 17.7. The number of aromatic nitrogens is 1. The van der Waals surface area contributed by atoms with Crippen LogP contribution in [-0.4, -0.2) is 49.7 Å². The number of nitrogens with one attached hydrogen (secondary N) is 2. The first-order valence-corrected chi connectivity index (χ1v) is 8.58. The zero-order valence-corrected chi connectivity index (χ0v) is 14.1. The number of rotatable bonds is 7. The third-order valence-corrected chi connectivity index (χ3v) is 5.34. The maximum Gasteiger partial charge on any atom is 0.249 e. The Hall–Kier alpha value is -1.39. The summed E-state index contributed by atoms with van der Waals surface area (Å²) in [5, 5.41) is 6.01. The maximum absolute atomic E-state index is 12.2. The van der Waals surface area contributed by atoms with Gasteiger partial charge in [0.05, 0.1) is 0 Å². The van der Waals surface area contributed by atoms with Gasteiger partial charge in [-0.05, 0) is 25.4 Å². The molecule has 0 aromatic carbocycles. The quantitative estimate of drug-likeness (QED) is 0.660. The number of hydrogen-bond acceptors (Lipinski definition) is 7. The van der Waals surface area contributed by atoms with Crippen LogP contribution in [0.3, 0.4) is 0 Å². The predicted octanol–water partition coefficient (Wildman–Crippen LogP) is 0.302. The smallest absolute Gasteiger partial charge is 0.249 e. The van der Waals surface area contributed by atoms with E-state index in [0.29, 0.717) is 11.5 Å². The minimum absolute atomic E-state index is 0.0390. The highest BCUT2D eigenvalue weighted by atomic mass is 32.2. The SMILES string of the molecule is CC(C)NC(=O)CCNc1snc(N)c1S(=O)(=O)N(C)C. The lowest BCUT2D eigenvalue weighted by atomic mass is 10.3. The first-order chi connectivity index (χ1) is 9.66. The Bertz CT molecular complexity index is 595. The molecule has 0 fully saturated rings. The number of anilines is 2. The van der Waals surface area contributed by atoms with Crippen LogP contribution in [0, 0.1) is 0 Å². The molecule has 0 saturated carbocycles. The van der Waals surface area contributed by atoms with Crippen molar-refractivity contribution in [1.29, 1.82) is 0 Å². The average Bonchev–Trinajstić information content (AvgIpc) is 2.69. The van der Waals surface area contributed by atoms with Crippen molar-refractivity contribution < 1.29 is 13.2 Å². The third-order valence-electron chi connectivity index (χ3n) is 2.50. The lowest BCUT2D eigenvalue weighted by Gasteiger charge is -2.13. The highest BCUT2D eigenvalue weighted by Crippen LogP contribution is 2.32. The van der Waals surface area contributed by atoms with E-state index >= 15 is 0 Å². The third kappa shape index (κ3) is 4.55. The van der Waals surface area contributed by atoms with E-state index in [4.69, 9.17) is 5.73 Å². The van der Waals surface area contributed by atoms with Crippen molar-refractivity contribution in [1.82, 2.24) is 14.0 Å². The molecule has 0 radical (unpaired) electrons. The van der Waals surface area contributed by atoms with E-state index in [9.17, 15) is 13.2 Å². The van der Waals surface area contributed by atoms with Gasteiger partial charge in [-0.25, -0.2) is 12.7 Å². The van der Waals surface area contributed by atoms with Crippen molar-refractivity contribution in [2.75, 3.05) is 31.7 Å². The standard InChI is InChI=1S/C11H21N5O3S2/c1-7(2)14-8(17)5-6-13-11-9(10(12)15-20-11)21(18,19)16(3)4/h7,13H,5-6H2,1-4H3,(H2,12,15)(H,14,17). The Balaban J connectivity index is 2.77.